The van der Waals surface area contributed by atoms with Crippen LogP contribution in [0.4, 0.5) is 0 Å². The van der Waals surface area contributed by atoms with Gasteiger partial charge in [0.15, 0.2) is 5.79 Å². The summed E-state index contributed by atoms with van der Waals surface area (Å²) in [5.41, 5.74) is -0.435. The van der Waals surface area contributed by atoms with Crippen molar-refractivity contribution in [3.05, 3.63) is 0 Å². The van der Waals surface area contributed by atoms with Crippen LogP contribution in [-0.4, -0.2) is 28.9 Å². The average Bonchev–Trinajstić information content (AvgIpc) is 2.01. The van der Waals surface area contributed by atoms with Crippen LogP contribution in [0.25, 0.3) is 0 Å². The van der Waals surface area contributed by atoms with Crippen molar-refractivity contribution in [1.82, 2.24) is 0 Å². The molecular weight excluding hydrogens is 158 g/mol. The fraction of sp³-hybridized carbons (Fsp3) is 0.875. The third-order valence-electron chi connectivity index (χ3n) is 1.81. The summed E-state index contributed by atoms with van der Waals surface area (Å²) in [5, 5.41) is 11.3. The molecule has 0 saturated carbocycles. The molecule has 0 aromatic carbocycles. The minimum atomic E-state index is -0.602. The molecule has 1 rings (SSSR count). The maximum atomic E-state index is 8.36. The Labute approximate surface area is 72.2 Å². The summed E-state index contributed by atoms with van der Waals surface area (Å²) in [4.78, 5) is 0. The van der Waals surface area contributed by atoms with E-state index >= 15 is 0 Å². The third-order valence-corrected chi connectivity index (χ3v) is 1.81. The molecule has 0 amide bonds. The normalized spacial score (nSPS) is 32.8. The van der Waals surface area contributed by atoms with Gasteiger partial charge in [-0.15, -0.1) is 0 Å². The molecule has 12 heavy (non-hydrogen) atoms. The topological polar surface area (TPSA) is 51.0 Å². The lowest BCUT2D eigenvalue weighted by Gasteiger charge is -2.21. The highest BCUT2D eigenvalue weighted by atomic mass is 16.8. The molecule has 0 radical (unpaired) electrons. The van der Waals surface area contributed by atoms with Crippen LogP contribution >= 0.6 is 0 Å². The summed E-state index contributed by atoms with van der Waals surface area (Å²) in [7, 11) is 0. The minimum Gasteiger partial charge on any atom is -0.411 e. The maximum absolute atomic E-state index is 8.36. The van der Waals surface area contributed by atoms with Gasteiger partial charge in [-0.1, -0.05) is 5.16 Å². The highest BCUT2D eigenvalue weighted by molar-refractivity contribution is 5.64. The molecule has 0 spiro atoms. The fourth-order valence-corrected chi connectivity index (χ4v) is 1.43. The molecular formula is C8H15NO3. The van der Waals surface area contributed by atoms with E-state index in [9.17, 15) is 0 Å². The van der Waals surface area contributed by atoms with Gasteiger partial charge < -0.3 is 14.7 Å². The minimum absolute atomic E-state index is 0.294. The van der Waals surface area contributed by atoms with Crippen LogP contribution < -0.4 is 0 Å². The van der Waals surface area contributed by atoms with Crippen LogP contribution in [0.15, 0.2) is 5.16 Å². The largest absolute Gasteiger partial charge is 0.411 e. The van der Waals surface area contributed by atoms with Crippen LogP contribution in [0.5, 0.6) is 0 Å². The summed E-state index contributed by atoms with van der Waals surface area (Å²) in [6.07, 6.45) is 1.05. The van der Waals surface area contributed by atoms with Gasteiger partial charge in [-0.2, -0.15) is 0 Å². The third kappa shape index (κ3) is 1.76. The van der Waals surface area contributed by atoms with Gasteiger partial charge in [-0.25, -0.2) is 0 Å². The van der Waals surface area contributed by atoms with Crippen molar-refractivity contribution >= 4 is 6.21 Å². The van der Waals surface area contributed by atoms with E-state index in [-0.39, 0.29) is 6.10 Å². The number of nitrogens with zero attached hydrogens (tertiary/aromatic N) is 1. The van der Waals surface area contributed by atoms with E-state index in [4.69, 9.17) is 14.7 Å². The quantitative estimate of drug-likeness (QED) is 0.370. The van der Waals surface area contributed by atoms with E-state index in [1.54, 1.807) is 0 Å². The van der Waals surface area contributed by atoms with Crippen molar-refractivity contribution in [2.75, 3.05) is 0 Å². The van der Waals surface area contributed by atoms with Crippen molar-refractivity contribution in [3.63, 3.8) is 0 Å². The molecule has 1 atom stereocenters. The molecule has 0 bridgehead atoms. The van der Waals surface area contributed by atoms with E-state index in [0.29, 0.717) is 0 Å². The van der Waals surface area contributed by atoms with Crippen LogP contribution in [-0.2, 0) is 9.47 Å². The fourth-order valence-electron chi connectivity index (χ4n) is 1.43. The lowest BCUT2D eigenvalue weighted by atomic mass is 10.0. The summed E-state index contributed by atoms with van der Waals surface area (Å²) < 4.78 is 11.0. The first-order valence-electron chi connectivity index (χ1n) is 3.93. The molecule has 1 heterocycles. The van der Waals surface area contributed by atoms with Gasteiger partial charge in [-0.05, 0) is 27.7 Å². The standard InChI is InChI=1S/C8H15NO3/c1-7(2)6(5-9-10)11-8(3,4)12-7/h5-6,10H,1-4H3/b9-5+/t6-/m0/s1. The lowest BCUT2D eigenvalue weighted by Crippen LogP contribution is -2.34. The van der Waals surface area contributed by atoms with Gasteiger partial charge in [0.1, 0.15) is 6.10 Å². The Bertz CT molecular complexity index is 198. The van der Waals surface area contributed by atoms with Crippen LogP contribution in [0.3, 0.4) is 0 Å². The molecule has 0 unspecified atom stereocenters. The highest BCUT2D eigenvalue weighted by Gasteiger charge is 2.46. The molecule has 0 aromatic rings. The molecule has 1 N–H and O–H groups in total. The monoisotopic (exact) mass is 173 g/mol. The van der Waals surface area contributed by atoms with Crippen LogP contribution in [0, 0.1) is 0 Å². The van der Waals surface area contributed by atoms with Crippen molar-refractivity contribution < 1.29 is 14.7 Å². The average molecular weight is 173 g/mol. The molecule has 0 aliphatic carbocycles. The number of hydrogen-bond donors (Lipinski definition) is 1. The molecule has 4 heteroatoms. The number of rotatable bonds is 1. The Balaban J connectivity index is 2.77. The zero-order valence-corrected chi connectivity index (χ0v) is 7.87. The summed E-state index contributed by atoms with van der Waals surface area (Å²) in [6.45, 7) is 7.46. The van der Waals surface area contributed by atoms with Crippen molar-refractivity contribution in [2.45, 2.75) is 45.2 Å². The Morgan fingerprint density at radius 2 is 1.92 bits per heavy atom. The van der Waals surface area contributed by atoms with E-state index in [1.807, 2.05) is 27.7 Å². The highest BCUT2D eigenvalue weighted by Crippen LogP contribution is 2.34. The molecule has 1 saturated heterocycles. The molecule has 1 aliphatic heterocycles. The number of oxime groups is 1. The first kappa shape index (κ1) is 9.48. The predicted octanol–water partition coefficient (Wildman–Crippen LogP) is 1.38. The van der Waals surface area contributed by atoms with E-state index in [1.165, 1.54) is 6.21 Å². The zero-order chi connectivity index (χ0) is 9.41. The second kappa shape index (κ2) is 2.71. The Morgan fingerprint density at radius 1 is 1.33 bits per heavy atom. The van der Waals surface area contributed by atoms with Crippen molar-refractivity contribution in [1.29, 1.82) is 0 Å². The van der Waals surface area contributed by atoms with E-state index < -0.39 is 11.4 Å². The summed E-state index contributed by atoms with van der Waals surface area (Å²) >= 11 is 0. The second-order valence-electron chi connectivity index (χ2n) is 3.91. The van der Waals surface area contributed by atoms with Gasteiger partial charge >= 0.3 is 0 Å². The number of hydrogen-bond acceptors (Lipinski definition) is 4. The van der Waals surface area contributed by atoms with E-state index in [0.717, 1.165) is 0 Å². The van der Waals surface area contributed by atoms with Crippen molar-refractivity contribution in [2.24, 2.45) is 5.16 Å². The first-order chi connectivity index (χ1) is 5.37. The lowest BCUT2D eigenvalue weighted by molar-refractivity contribution is -0.155. The zero-order valence-electron chi connectivity index (χ0n) is 7.87. The molecule has 4 nitrogen and oxygen atoms in total. The van der Waals surface area contributed by atoms with Crippen LogP contribution in [0.2, 0.25) is 0 Å². The second-order valence-corrected chi connectivity index (χ2v) is 3.91. The van der Waals surface area contributed by atoms with Crippen LogP contribution in [0.1, 0.15) is 27.7 Å². The Kier molecular flexibility index (Phi) is 2.14. The van der Waals surface area contributed by atoms with Gasteiger partial charge in [-0.3, -0.25) is 0 Å². The molecule has 1 aliphatic rings. The number of ether oxygens (including phenoxy) is 2. The van der Waals surface area contributed by atoms with Gasteiger partial charge in [0.05, 0.1) is 11.8 Å². The summed E-state index contributed by atoms with van der Waals surface area (Å²) in [5.74, 6) is -0.602. The Hall–Kier alpha value is -0.610. The van der Waals surface area contributed by atoms with Gasteiger partial charge in [0.25, 0.3) is 0 Å². The van der Waals surface area contributed by atoms with Gasteiger partial charge in [0, 0.05) is 0 Å². The molecule has 70 valence electrons. The SMILES string of the molecule is CC1(C)O[C@@H](/C=N/O)C(C)(C)O1. The van der Waals surface area contributed by atoms with Gasteiger partial charge in [0.2, 0.25) is 0 Å². The van der Waals surface area contributed by atoms with Crippen molar-refractivity contribution in [3.8, 4) is 0 Å². The first-order valence-corrected chi connectivity index (χ1v) is 3.93. The Morgan fingerprint density at radius 3 is 2.25 bits per heavy atom. The summed E-state index contributed by atoms with van der Waals surface area (Å²) in [6, 6.07) is 0. The maximum Gasteiger partial charge on any atom is 0.164 e. The smallest absolute Gasteiger partial charge is 0.164 e. The predicted molar refractivity (Wildman–Crippen MR) is 44.4 cm³/mol. The molecule has 1 fully saturated rings. The molecule has 0 aromatic heterocycles. The van der Waals surface area contributed by atoms with E-state index in [2.05, 4.69) is 5.16 Å².